The molecule has 2 aromatic carbocycles. The van der Waals surface area contributed by atoms with Gasteiger partial charge < -0.3 is 23.9 Å². The highest BCUT2D eigenvalue weighted by Gasteiger charge is 2.37. The third-order valence-corrected chi connectivity index (χ3v) is 6.71. The quantitative estimate of drug-likeness (QED) is 0.377. The minimum Gasteiger partial charge on any atom is -0.493 e. The standard InChI is InChI=1S/C29H32N2O7/c1-18(32)19-11-13-22(14-12-19)31(29(34)23-10-7-15-38-23)26(28(33)30-21-8-5-6-9-21)20-16-24(35-2)27(37-4)25(17-20)36-3/h7,10-17,21,26H,5-6,8-9H2,1-4H3,(H,30,33). The monoisotopic (exact) mass is 520 g/mol. The van der Waals surface area contributed by atoms with Crippen LogP contribution in [0.2, 0.25) is 0 Å². The van der Waals surface area contributed by atoms with Crippen molar-refractivity contribution in [2.75, 3.05) is 26.2 Å². The number of nitrogens with zero attached hydrogens (tertiary/aromatic N) is 1. The lowest BCUT2D eigenvalue weighted by Crippen LogP contribution is -2.46. The molecule has 38 heavy (non-hydrogen) atoms. The fourth-order valence-electron chi connectivity index (χ4n) is 4.79. The normalized spacial score (nSPS) is 14.0. The summed E-state index contributed by atoms with van der Waals surface area (Å²) in [6, 6.07) is 11.9. The van der Waals surface area contributed by atoms with Gasteiger partial charge in [-0.3, -0.25) is 19.3 Å². The Hall–Kier alpha value is -4.27. The van der Waals surface area contributed by atoms with Gasteiger partial charge in [0.25, 0.3) is 5.91 Å². The molecule has 1 N–H and O–H groups in total. The summed E-state index contributed by atoms with van der Waals surface area (Å²) in [5.41, 5.74) is 1.35. The fraction of sp³-hybridized carbons (Fsp3) is 0.345. The van der Waals surface area contributed by atoms with E-state index >= 15 is 0 Å². The summed E-state index contributed by atoms with van der Waals surface area (Å²) in [5.74, 6) is 0.124. The molecule has 1 fully saturated rings. The van der Waals surface area contributed by atoms with Crippen LogP contribution >= 0.6 is 0 Å². The van der Waals surface area contributed by atoms with Crippen molar-refractivity contribution in [3.8, 4) is 17.2 Å². The molecule has 0 aliphatic heterocycles. The van der Waals surface area contributed by atoms with E-state index in [9.17, 15) is 14.4 Å². The average molecular weight is 521 g/mol. The van der Waals surface area contributed by atoms with Crippen LogP contribution in [0.1, 0.15) is 65.1 Å². The van der Waals surface area contributed by atoms with E-state index in [0.29, 0.717) is 34.1 Å². The van der Waals surface area contributed by atoms with Crippen molar-refractivity contribution in [3.05, 3.63) is 71.7 Å². The minimum atomic E-state index is -1.12. The summed E-state index contributed by atoms with van der Waals surface area (Å²) < 4.78 is 22.0. The van der Waals surface area contributed by atoms with Crippen molar-refractivity contribution >= 4 is 23.3 Å². The molecule has 1 aromatic heterocycles. The maximum Gasteiger partial charge on any atom is 0.294 e. The van der Waals surface area contributed by atoms with Gasteiger partial charge in [0, 0.05) is 17.3 Å². The van der Waals surface area contributed by atoms with Crippen molar-refractivity contribution in [3.63, 3.8) is 0 Å². The fourth-order valence-corrected chi connectivity index (χ4v) is 4.79. The highest BCUT2D eigenvalue weighted by atomic mass is 16.5. The number of hydrogen-bond acceptors (Lipinski definition) is 7. The van der Waals surface area contributed by atoms with Crippen LogP contribution < -0.4 is 24.4 Å². The molecule has 0 saturated heterocycles. The first kappa shape index (κ1) is 26.8. The lowest BCUT2D eigenvalue weighted by atomic mass is 10.00. The smallest absolute Gasteiger partial charge is 0.294 e. The summed E-state index contributed by atoms with van der Waals surface area (Å²) in [6.45, 7) is 1.47. The van der Waals surface area contributed by atoms with Crippen LogP contribution in [0, 0.1) is 0 Å². The molecule has 1 aliphatic carbocycles. The van der Waals surface area contributed by atoms with E-state index in [1.54, 1.807) is 48.5 Å². The van der Waals surface area contributed by atoms with Gasteiger partial charge in [0.1, 0.15) is 6.04 Å². The van der Waals surface area contributed by atoms with E-state index in [1.807, 2.05) is 0 Å². The van der Waals surface area contributed by atoms with Gasteiger partial charge in [-0.05, 0) is 73.9 Å². The topological polar surface area (TPSA) is 107 Å². The molecule has 4 rings (SSSR count). The molecule has 200 valence electrons. The summed E-state index contributed by atoms with van der Waals surface area (Å²) in [4.78, 5) is 41.2. The van der Waals surface area contributed by atoms with Crippen molar-refractivity contribution in [1.82, 2.24) is 5.32 Å². The molecule has 0 spiro atoms. The Morgan fingerprint density at radius 2 is 1.58 bits per heavy atom. The highest BCUT2D eigenvalue weighted by Crippen LogP contribution is 2.42. The van der Waals surface area contributed by atoms with Crippen molar-refractivity contribution in [2.45, 2.75) is 44.7 Å². The van der Waals surface area contributed by atoms with Gasteiger partial charge in [-0.25, -0.2) is 0 Å². The van der Waals surface area contributed by atoms with Crippen LogP contribution in [0.3, 0.4) is 0 Å². The van der Waals surface area contributed by atoms with Crippen molar-refractivity contribution in [1.29, 1.82) is 0 Å². The van der Waals surface area contributed by atoms with Gasteiger partial charge in [0.05, 0.1) is 27.6 Å². The lowest BCUT2D eigenvalue weighted by Gasteiger charge is -2.32. The Balaban J connectivity index is 1.90. The van der Waals surface area contributed by atoms with E-state index in [-0.39, 0.29) is 23.5 Å². The lowest BCUT2D eigenvalue weighted by molar-refractivity contribution is -0.123. The second-order valence-corrected chi connectivity index (χ2v) is 9.11. The van der Waals surface area contributed by atoms with E-state index in [2.05, 4.69) is 5.32 Å². The molecule has 1 atom stereocenters. The Morgan fingerprint density at radius 1 is 0.947 bits per heavy atom. The average Bonchev–Trinajstić information content (AvgIpc) is 3.65. The van der Waals surface area contributed by atoms with Crippen LogP contribution in [0.4, 0.5) is 5.69 Å². The predicted molar refractivity (Wildman–Crippen MR) is 141 cm³/mol. The number of anilines is 1. The first-order chi connectivity index (χ1) is 18.4. The summed E-state index contributed by atoms with van der Waals surface area (Å²) in [5, 5.41) is 3.13. The number of carbonyl (C=O) groups is 3. The van der Waals surface area contributed by atoms with Crippen LogP contribution in [0.25, 0.3) is 0 Å². The van der Waals surface area contributed by atoms with Gasteiger partial charge in [-0.1, -0.05) is 12.8 Å². The number of nitrogens with one attached hydrogen (secondary N) is 1. The Labute approximate surface area is 221 Å². The van der Waals surface area contributed by atoms with Crippen molar-refractivity contribution in [2.24, 2.45) is 0 Å². The Kier molecular flexibility index (Phi) is 8.35. The third-order valence-electron chi connectivity index (χ3n) is 6.71. The molecule has 1 heterocycles. The van der Waals surface area contributed by atoms with Crippen molar-refractivity contribution < 1.29 is 33.0 Å². The first-order valence-corrected chi connectivity index (χ1v) is 12.5. The summed E-state index contributed by atoms with van der Waals surface area (Å²) >= 11 is 0. The zero-order valence-electron chi connectivity index (χ0n) is 22.0. The molecule has 1 unspecified atom stereocenters. The molecular weight excluding hydrogens is 488 g/mol. The Morgan fingerprint density at radius 3 is 2.08 bits per heavy atom. The number of carbonyl (C=O) groups excluding carboxylic acids is 3. The molecule has 0 bridgehead atoms. The first-order valence-electron chi connectivity index (χ1n) is 12.5. The second kappa shape index (κ2) is 11.9. The molecule has 1 aliphatic rings. The molecule has 0 radical (unpaired) electrons. The van der Waals surface area contributed by atoms with Crippen LogP contribution in [0.15, 0.2) is 59.2 Å². The zero-order valence-corrected chi connectivity index (χ0v) is 22.0. The largest absolute Gasteiger partial charge is 0.493 e. The number of rotatable bonds is 10. The predicted octanol–water partition coefficient (Wildman–Crippen LogP) is 4.95. The van der Waals surface area contributed by atoms with Gasteiger partial charge in [0.2, 0.25) is 11.7 Å². The molecule has 9 nitrogen and oxygen atoms in total. The summed E-state index contributed by atoms with van der Waals surface area (Å²) in [6.07, 6.45) is 5.19. The Bertz CT molecular complexity index is 1250. The van der Waals surface area contributed by atoms with E-state index < -0.39 is 11.9 Å². The van der Waals surface area contributed by atoms with Crippen LogP contribution in [-0.4, -0.2) is 45.0 Å². The second-order valence-electron chi connectivity index (χ2n) is 9.11. The number of ether oxygens (including phenoxy) is 3. The maximum absolute atomic E-state index is 14.0. The van der Waals surface area contributed by atoms with Gasteiger partial charge in [0.15, 0.2) is 23.0 Å². The van der Waals surface area contributed by atoms with Gasteiger partial charge in [-0.15, -0.1) is 0 Å². The highest BCUT2D eigenvalue weighted by molar-refractivity contribution is 6.09. The number of benzene rings is 2. The van der Waals surface area contributed by atoms with Crippen LogP contribution in [0.5, 0.6) is 17.2 Å². The number of hydrogen-bond donors (Lipinski definition) is 1. The third kappa shape index (κ3) is 5.51. The molecule has 9 heteroatoms. The SMILES string of the molecule is COc1cc(C(C(=O)NC2CCCC2)N(C(=O)c2ccco2)c2ccc(C(C)=O)cc2)cc(OC)c1OC. The molecule has 3 aromatic rings. The molecule has 1 saturated carbocycles. The minimum absolute atomic E-state index is 0.00712. The van der Waals surface area contributed by atoms with E-state index in [4.69, 9.17) is 18.6 Å². The maximum atomic E-state index is 14.0. The van der Waals surface area contributed by atoms with Crippen LogP contribution in [-0.2, 0) is 4.79 Å². The van der Waals surface area contributed by atoms with Gasteiger partial charge >= 0.3 is 0 Å². The number of ketones is 1. The van der Waals surface area contributed by atoms with E-state index in [0.717, 1.165) is 25.7 Å². The number of methoxy groups -OCH3 is 3. The number of Topliss-reactive ketones (excluding diaryl/α,β-unsaturated/α-hetero) is 1. The number of furan rings is 1. The van der Waals surface area contributed by atoms with E-state index in [1.165, 1.54) is 39.4 Å². The zero-order chi connectivity index (χ0) is 27.2. The summed E-state index contributed by atoms with van der Waals surface area (Å²) in [7, 11) is 4.47. The van der Waals surface area contributed by atoms with Gasteiger partial charge in [-0.2, -0.15) is 0 Å². The molecular formula is C29H32N2O7. The molecule has 2 amide bonds. The number of amides is 2.